The minimum absolute atomic E-state index is 0.135. The van der Waals surface area contributed by atoms with E-state index in [1.54, 1.807) is 36.4 Å². The Labute approximate surface area is 158 Å². The van der Waals surface area contributed by atoms with E-state index in [0.29, 0.717) is 35.8 Å². The first-order valence-corrected chi connectivity index (χ1v) is 10.3. The van der Waals surface area contributed by atoms with Crippen molar-refractivity contribution >= 4 is 38.9 Å². The largest absolute Gasteiger partial charge is 0.494 e. The summed E-state index contributed by atoms with van der Waals surface area (Å²) in [5.41, 5.74) is 1.98. The zero-order valence-electron chi connectivity index (χ0n) is 14.6. The van der Waals surface area contributed by atoms with Gasteiger partial charge in [-0.2, -0.15) is 0 Å². The number of aryl methyl sites for hydroxylation is 1. The number of sulfonamides is 1. The molecule has 1 amide bonds. The lowest BCUT2D eigenvalue weighted by molar-refractivity contribution is -0.116. The van der Waals surface area contributed by atoms with Gasteiger partial charge in [0, 0.05) is 22.8 Å². The summed E-state index contributed by atoms with van der Waals surface area (Å²) in [6.07, 6.45) is 1.97. The van der Waals surface area contributed by atoms with Gasteiger partial charge in [-0.1, -0.05) is 11.6 Å². The summed E-state index contributed by atoms with van der Waals surface area (Å²) in [5.74, 6) is 0.589. The van der Waals surface area contributed by atoms with Gasteiger partial charge in [-0.3, -0.25) is 9.52 Å². The highest BCUT2D eigenvalue weighted by Gasteiger charge is 2.05. The third-order valence-electron chi connectivity index (χ3n) is 3.42. The first-order valence-electron chi connectivity index (χ1n) is 7.99. The van der Waals surface area contributed by atoms with Crippen LogP contribution in [0.1, 0.15) is 18.4 Å². The summed E-state index contributed by atoms with van der Waals surface area (Å²) in [6.45, 7) is 2.32. The summed E-state index contributed by atoms with van der Waals surface area (Å²) in [4.78, 5) is 11.9. The average molecular weight is 397 g/mol. The van der Waals surface area contributed by atoms with E-state index in [9.17, 15) is 13.2 Å². The lowest BCUT2D eigenvalue weighted by Gasteiger charge is -2.09. The molecule has 0 bridgehead atoms. The van der Waals surface area contributed by atoms with Crippen molar-refractivity contribution in [1.82, 2.24) is 0 Å². The molecular weight excluding hydrogens is 376 g/mol. The average Bonchev–Trinajstić information content (AvgIpc) is 2.55. The standard InChI is InChI=1S/C18H21ClN2O4S/c1-13-12-16(9-10-17(13)19)25-11-3-4-18(22)20-14-5-7-15(8-6-14)21-26(2,23)24/h5-10,12,21H,3-4,11H2,1-2H3,(H,20,22). The predicted octanol–water partition coefficient (Wildman–Crippen LogP) is 3.82. The van der Waals surface area contributed by atoms with Gasteiger partial charge in [-0.05, 0) is 61.4 Å². The molecule has 26 heavy (non-hydrogen) atoms. The van der Waals surface area contributed by atoms with Crippen LogP contribution in [0.5, 0.6) is 5.75 Å². The predicted molar refractivity (Wildman–Crippen MR) is 104 cm³/mol. The Balaban J connectivity index is 1.73. The van der Waals surface area contributed by atoms with E-state index in [1.165, 1.54) is 0 Å². The smallest absolute Gasteiger partial charge is 0.229 e. The van der Waals surface area contributed by atoms with Crippen LogP contribution >= 0.6 is 11.6 Å². The van der Waals surface area contributed by atoms with Crippen LogP contribution in [0, 0.1) is 6.92 Å². The number of hydrogen-bond donors (Lipinski definition) is 2. The van der Waals surface area contributed by atoms with E-state index in [2.05, 4.69) is 10.0 Å². The lowest BCUT2D eigenvalue weighted by atomic mass is 10.2. The van der Waals surface area contributed by atoms with Gasteiger partial charge in [0.25, 0.3) is 0 Å². The second-order valence-electron chi connectivity index (χ2n) is 5.86. The molecule has 2 rings (SSSR count). The number of benzene rings is 2. The molecule has 0 saturated carbocycles. The highest BCUT2D eigenvalue weighted by molar-refractivity contribution is 7.92. The number of carbonyl (C=O) groups excluding carboxylic acids is 1. The second kappa shape index (κ2) is 8.91. The van der Waals surface area contributed by atoms with Gasteiger partial charge >= 0.3 is 0 Å². The quantitative estimate of drug-likeness (QED) is 0.664. The summed E-state index contributed by atoms with van der Waals surface area (Å²) in [5, 5.41) is 3.45. The minimum atomic E-state index is -3.31. The van der Waals surface area contributed by atoms with Crippen LogP contribution in [0.15, 0.2) is 42.5 Å². The van der Waals surface area contributed by atoms with Gasteiger partial charge in [-0.25, -0.2) is 8.42 Å². The number of ether oxygens (including phenoxy) is 1. The molecule has 0 unspecified atom stereocenters. The fourth-order valence-electron chi connectivity index (χ4n) is 2.19. The Kier molecular flexibility index (Phi) is 6.88. The number of hydrogen-bond acceptors (Lipinski definition) is 4. The van der Waals surface area contributed by atoms with E-state index in [4.69, 9.17) is 16.3 Å². The van der Waals surface area contributed by atoms with Crippen LogP contribution < -0.4 is 14.8 Å². The molecule has 0 aliphatic rings. The van der Waals surface area contributed by atoms with Crippen molar-refractivity contribution in [3.63, 3.8) is 0 Å². The second-order valence-corrected chi connectivity index (χ2v) is 8.02. The topological polar surface area (TPSA) is 84.5 Å². The third-order valence-corrected chi connectivity index (χ3v) is 4.45. The minimum Gasteiger partial charge on any atom is -0.494 e. The summed E-state index contributed by atoms with van der Waals surface area (Å²) in [6, 6.07) is 11.9. The molecule has 2 aromatic rings. The van der Waals surface area contributed by atoms with E-state index in [-0.39, 0.29) is 5.91 Å². The molecular formula is C18H21ClN2O4S. The Hall–Kier alpha value is -2.25. The Morgan fingerprint density at radius 1 is 1.12 bits per heavy atom. The van der Waals surface area contributed by atoms with Crippen molar-refractivity contribution in [1.29, 1.82) is 0 Å². The van der Waals surface area contributed by atoms with Crippen molar-refractivity contribution in [2.45, 2.75) is 19.8 Å². The molecule has 0 radical (unpaired) electrons. The first-order chi connectivity index (χ1) is 12.2. The Morgan fingerprint density at radius 2 is 1.77 bits per heavy atom. The van der Waals surface area contributed by atoms with E-state index >= 15 is 0 Å². The molecule has 0 aromatic heterocycles. The maximum absolute atomic E-state index is 11.9. The van der Waals surface area contributed by atoms with Gasteiger partial charge in [-0.15, -0.1) is 0 Å². The molecule has 0 saturated heterocycles. The normalized spacial score (nSPS) is 11.0. The fourth-order valence-corrected chi connectivity index (χ4v) is 2.87. The van der Waals surface area contributed by atoms with E-state index in [1.807, 2.05) is 13.0 Å². The molecule has 0 aliphatic heterocycles. The number of nitrogens with one attached hydrogen (secondary N) is 2. The molecule has 0 atom stereocenters. The molecule has 0 heterocycles. The maximum atomic E-state index is 11.9. The zero-order valence-corrected chi connectivity index (χ0v) is 16.2. The van der Waals surface area contributed by atoms with Gasteiger partial charge in [0.15, 0.2) is 0 Å². The molecule has 6 nitrogen and oxygen atoms in total. The van der Waals surface area contributed by atoms with Crippen molar-refractivity contribution in [2.75, 3.05) is 22.9 Å². The highest BCUT2D eigenvalue weighted by Crippen LogP contribution is 2.21. The fraction of sp³-hybridized carbons (Fsp3) is 0.278. The third kappa shape index (κ3) is 6.93. The highest BCUT2D eigenvalue weighted by atomic mass is 35.5. The number of rotatable bonds is 8. The SMILES string of the molecule is Cc1cc(OCCCC(=O)Nc2ccc(NS(C)(=O)=O)cc2)ccc1Cl. The Morgan fingerprint density at radius 3 is 2.38 bits per heavy atom. The zero-order chi connectivity index (χ0) is 19.2. The van der Waals surface area contributed by atoms with E-state index < -0.39 is 10.0 Å². The van der Waals surface area contributed by atoms with Crippen LogP contribution in [0.25, 0.3) is 0 Å². The van der Waals surface area contributed by atoms with Crippen LogP contribution in [0.3, 0.4) is 0 Å². The van der Waals surface area contributed by atoms with Gasteiger partial charge in [0.1, 0.15) is 5.75 Å². The molecule has 0 spiro atoms. The number of anilines is 2. The summed E-state index contributed by atoms with van der Waals surface area (Å²) >= 11 is 5.96. The van der Waals surface area contributed by atoms with Crippen LogP contribution in [0.4, 0.5) is 11.4 Å². The summed E-state index contributed by atoms with van der Waals surface area (Å²) < 4.78 is 30.3. The molecule has 2 N–H and O–H groups in total. The van der Waals surface area contributed by atoms with Crippen molar-refractivity contribution < 1.29 is 17.9 Å². The van der Waals surface area contributed by atoms with E-state index in [0.717, 1.165) is 17.6 Å². The van der Waals surface area contributed by atoms with Crippen LogP contribution in [-0.4, -0.2) is 27.2 Å². The Bertz CT molecular complexity index is 867. The van der Waals surface area contributed by atoms with Gasteiger partial charge in [0.2, 0.25) is 15.9 Å². The molecule has 2 aromatic carbocycles. The lowest BCUT2D eigenvalue weighted by Crippen LogP contribution is -2.13. The number of carbonyl (C=O) groups is 1. The van der Waals surface area contributed by atoms with Crippen molar-refractivity contribution in [2.24, 2.45) is 0 Å². The maximum Gasteiger partial charge on any atom is 0.229 e. The molecule has 0 aliphatic carbocycles. The number of amides is 1. The van der Waals surface area contributed by atoms with Crippen LogP contribution in [-0.2, 0) is 14.8 Å². The van der Waals surface area contributed by atoms with Crippen molar-refractivity contribution in [3.8, 4) is 5.75 Å². The number of halogens is 1. The molecule has 0 fully saturated rings. The molecule has 8 heteroatoms. The first kappa shape index (κ1) is 20.1. The van der Waals surface area contributed by atoms with Crippen LogP contribution in [0.2, 0.25) is 5.02 Å². The summed E-state index contributed by atoms with van der Waals surface area (Å²) in [7, 11) is -3.31. The van der Waals surface area contributed by atoms with Crippen molar-refractivity contribution in [3.05, 3.63) is 53.1 Å². The molecule has 140 valence electrons. The van der Waals surface area contributed by atoms with Gasteiger partial charge < -0.3 is 10.1 Å². The monoisotopic (exact) mass is 396 g/mol. The van der Waals surface area contributed by atoms with Gasteiger partial charge in [0.05, 0.1) is 12.9 Å².